The van der Waals surface area contributed by atoms with Gasteiger partial charge in [-0.3, -0.25) is 4.79 Å². The van der Waals surface area contributed by atoms with Crippen molar-refractivity contribution in [1.82, 2.24) is 9.80 Å². The van der Waals surface area contributed by atoms with Gasteiger partial charge in [-0.15, -0.1) is 0 Å². The van der Waals surface area contributed by atoms with Gasteiger partial charge in [-0.05, 0) is 43.1 Å². The van der Waals surface area contributed by atoms with Crippen molar-refractivity contribution in [3.05, 3.63) is 144 Å². The van der Waals surface area contributed by atoms with Gasteiger partial charge in [-0.25, -0.2) is 0 Å². The Kier molecular flexibility index (Phi) is 13.6. The summed E-state index contributed by atoms with van der Waals surface area (Å²) in [5.41, 5.74) is 3.97. The lowest BCUT2D eigenvalue weighted by molar-refractivity contribution is -0.206. The number of carbonyl (C=O) groups excluding carboxylic acids is 1. The highest BCUT2D eigenvalue weighted by Crippen LogP contribution is 2.35. The third-order valence-corrected chi connectivity index (χ3v) is 9.46. The fourth-order valence-electron chi connectivity index (χ4n) is 6.68. The quantitative estimate of drug-likeness (QED) is 0.127. The molecule has 6 rings (SSSR count). The second-order valence-electron chi connectivity index (χ2n) is 14.0. The Labute approximate surface area is 308 Å². The molecule has 5 atom stereocenters. The molecule has 9 heteroatoms. The Balaban J connectivity index is 1.36. The van der Waals surface area contributed by atoms with Crippen molar-refractivity contribution >= 4 is 5.91 Å². The first-order valence-corrected chi connectivity index (χ1v) is 18.3. The summed E-state index contributed by atoms with van der Waals surface area (Å²) in [6.07, 6.45) is -3.84. The standard InChI is InChI=1S/C43H52N2O7/c1-43(2)51-37(32-47-28-33-16-8-4-9-17-33)38(52-43)39(48-29-34-18-10-5-11-19-34)40(49-30-35-20-12-6-13-21-35)41(50-31-36-22-14-7-15-23-36)42(46)45-26-24-44(3)25-27-45/h4-23,37-41H,24-32H2,1-3H3/t37?,38?,39-,40+,41-/m1/s1. The van der Waals surface area contributed by atoms with Crippen LogP contribution in [0.2, 0.25) is 0 Å². The Bertz CT molecular complexity index is 1620. The lowest BCUT2D eigenvalue weighted by atomic mass is 9.97. The van der Waals surface area contributed by atoms with Crippen LogP contribution >= 0.6 is 0 Å². The van der Waals surface area contributed by atoms with Gasteiger partial charge in [0.05, 0.1) is 33.0 Å². The van der Waals surface area contributed by atoms with Crippen molar-refractivity contribution in [1.29, 1.82) is 0 Å². The van der Waals surface area contributed by atoms with E-state index in [0.717, 1.165) is 35.3 Å². The molecule has 2 aliphatic heterocycles. The molecular formula is C43H52N2O7. The van der Waals surface area contributed by atoms with E-state index < -0.39 is 36.3 Å². The van der Waals surface area contributed by atoms with Crippen LogP contribution in [0.5, 0.6) is 0 Å². The SMILES string of the molecule is CN1CCN(C(=O)[C@H](OCc2ccccc2)[C@@H](OCc2ccccc2)[C@H](OCc2ccccc2)C2OC(C)(C)OC2COCc2ccccc2)CC1. The Morgan fingerprint density at radius 1 is 0.654 bits per heavy atom. The second kappa shape index (κ2) is 18.7. The largest absolute Gasteiger partial charge is 0.374 e. The van der Waals surface area contributed by atoms with E-state index in [2.05, 4.69) is 11.9 Å². The number of rotatable bonds is 17. The summed E-state index contributed by atoms with van der Waals surface area (Å²) in [5, 5.41) is 0. The zero-order valence-electron chi connectivity index (χ0n) is 30.5. The topological polar surface area (TPSA) is 78.9 Å². The van der Waals surface area contributed by atoms with Crippen molar-refractivity contribution in [2.75, 3.05) is 39.8 Å². The molecule has 0 spiro atoms. The van der Waals surface area contributed by atoms with Crippen LogP contribution in [-0.4, -0.2) is 91.8 Å². The lowest BCUT2D eigenvalue weighted by Gasteiger charge is -2.40. The number of carbonyl (C=O) groups is 1. The maximum absolute atomic E-state index is 14.8. The lowest BCUT2D eigenvalue weighted by Crippen LogP contribution is -2.59. The highest BCUT2D eigenvalue weighted by Gasteiger charge is 2.52. The van der Waals surface area contributed by atoms with Crippen LogP contribution in [-0.2, 0) is 59.6 Å². The molecule has 0 N–H and O–H groups in total. The third-order valence-electron chi connectivity index (χ3n) is 9.46. The number of piperazine rings is 1. The van der Waals surface area contributed by atoms with Crippen molar-refractivity contribution in [3.8, 4) is 0 Å². The molecule has 2 heterocycles. The van der Waals surface area contributed by atoms with Gasteiger partial charge in [0.15, 0.2) is 11.9 Å². The van der Waals surface area contributed by atoms with E-state index in [4.69, 9.17) is 28.4 Å². The van der Waals surface area contributed by atoms with Gasteiger partial charge in [0, 0.05) is 26.2 Å². The molecule has 9 nitrogen and oxygen atoms in total. The van der Waals surface area contributed by atoms with E-state index in [1.54, 1.807) is 0 Å². The molecule has 2 unspecified atom stereocenters. The van der Waals surface area contributed by atoms with Gasteiger partial charge < -0.3 is 38.2 Å². The summed E-state index contributed by atoms with van der Waals surface area (Å²) in [4.78, 5) is 18.9. The summed E-state index contributed by atoms with van der Waals surface area (Å²) in [7, 11) is 2.07. The molecule has 276 valence electrons. The highest BCUT2D eigenvalue weighted by atomic mass is 16.8. The predicted octanol–water partition coefficient (Wildman–Crippen LogP) is 6.25. The fraction of sp³-hybridized carbons (Fsp3) is 0.419. The molecule has 0 saturated carbocycles. The van der Waals surface area contributed by atoms with Gasteiger partial charge >= 0.3 is 0 Å². The molecule has 2 aliphatic rings. The predicted molar refractivity (Wildman–Crippen MR) is 199 cm³/mol. The molecular weight excluding hydrogens is 656 g/mol. The van der Waals surface area contributed by atoms with Crippen molar-refractivity contribution in [3.63, 3.8) is 0 Å². The van der Waals surface area contributed by atoms with Crippen molar-refractivity contribution in [2.24, 2.45) is 0 Å². The summed E-state index contributed by atoms with van der Waals surface area (Å²) < 4.78 is 40.0. The van der Waals surface area contributed by atoms with Crippen LogP contribution in [0, 0.1) is 0 Å². The van der Waals surface area contributed by atoms with E-state index >= 15 is 0 Å². The number of nitrogens with zero attached hydrogens (tertiary/aromatic N) is 2. The van der Waals surface area contributed by atoms with Gasteiger partial charge in [0.25, 0.3) is 5.91 Å². The van der Waals surface area contributed by atoms with Crippen molar-refractivity contribution < 1.29 is 33.2 Å². The molecule has 4 aromatic carbocycles. The number of benzene rings is 4. The average molecular weight is 709 g/mol. The van der Waals surface area contributed by atoms with Gasteiger partial charge in [0.2, 0.25) is 0 Å². The maximum Gasteiger partial charge on any atom is 0.254 e. The number of amides is 1. The monoisotopic (exact) mass is 708 g/mol. The second-order valence-corrected chi connectivity index (χ2v) is 14.0. The fourth-order valence-corrected chi connectivity index (χ4v) is 6.68. The van der Waals surface area contributed by atoms with E-state index in [1.165, 1.54) is 0 Å². The summed E-state index contributed by atoms with van der Waals surface area (Å²) in [6.45, 7) is 7.91. The van der Waals surface area contributed by atoms with Crippen LogP contribution in [0.1, 0.15) is 36.1 Å². The Morgan fingerprint density at radius 2 is 1.12 bits per heavy atom. The molecule has 4 aromatic rings. The van der Waals surface area contributed by atoms with Crippen LogP contribution in [0.15, 0.2) is 121 Å². The molecule has 2 saturated heterocycles. The van der Waals surface area contributed by atoms with Crippen LogP contribution in [0.4, 0.5) is 0 Å². The van der Waals surface area contributed by atoms with Crippen molar-refractivity contribution in [2.45, 2.75) is 76.6 Å². The first-order chi connectivity index (χ1) is 25.3. The smallest absolute Gasteiger partial charge is 0.254 e. The first kappa shape index (κ1) is 37.8. The number of ether oxygens (including phenoxy) is 6. The normalized spacial score (nSPS) is 20.7. The average Bonchev–Trinajstić information content (AvgIpc) is 3.48. The maximum atomic E-state index is 14.8. The van der Waals surface area contributed by atoms with E-state index in [-0.39, 0.29) is 32.3 Å². The van der Waals surface area contributed by atoms with Gasteiger partial charge in [0.1, 0.15) is 24.4 Å². The van der Waals surface area contributed by atoms with Gasteiger partial charge in [-0.2, -0.15) is 0 Å². The molecule has 1 amide bonds. The van der Waals surface area contributed by atoms with E-state index in [1.807, 2.05) is 140 Å². The summed E-state index contributed by atoms with van der Waals surface area (Å²) in [5.74, 6) is -1.07. The molecule has 52 heavy (non-hydrogen) atoms. The number of likely N-dealkylation sites (N-methyl/N-ethyl adjacent to an activating group) is 1. The zero-order chi connectivity index (χ0) is 36.2. The van der Waals surface area contributed by atoms with Crippen LogP contribution < -0.4 is 0 Å². The molecule has 0 bridgehead atoms. The van der Waals surface area contributed by atoms with Crippen LogP contribution in [0.3, 0.4) is 0 Å². The molecule has 0 radical (unpaired) electrons. The number of hydrogen-bond acceptors (Lipinski definition) is 8. The summed E-state index contributed by atoms with van der Waals surface area (Å²) in [6, 6.07) is 39.9. The minimum Gasteiger partial charge on any atom is -0.374 e. The Hall–Kier alpha value is -3.93. The summed E-state index contributed by atoms with van der Waals surface area (Å²) >= 11 is 0. The van der Waals surface area contributed by atoms with Gasteiger partial charge in [-0.1, -0.05) is 121 Å². The van der Waals surface area contributed by atoms with Crippen LogP contribution in [0.25, 0.3) is 0 Å². The zero-order valence-corrected chi connectivity index (χ0v) is 30.5. The number of hydrogen-bond donors (Lipinski definition) is 0. The highest BCUT2D eigenvalue weighted by molar-refractivity contribution is 5.82. The molecule has 2 fully saturated rings. The minimum atomic E-state index is -1.01. The van der Waals surface area contributed by atoms with E-state index in [0.29, 0.717) is 19.7 Å². The molecule has 0 aromatic heterocycles. The minimum absolute atomic E-state index is 0.134. The Morgan fingerprint density at radius 3 is 1.63 bits per heavy atom. The molecule has 0 aliphatic carbocycles. The first-order valence-electron chi connectivity index (χ1n) is 18.3. The van der Waals surface area contributed by atoms with E-state index in [9.17, 15) is 4.79 Å². The third kappa shape index (κ3) is 10.8.